The van der Waals surface area contributed by atoms with Crippen molar-refractivity contribution in [3.8, 4) is 22.1 Å². The Morgan fingerprint density at radius 3 is 2.79 bits per heavy atom. The Hall–Kier alpha value is -1.99. The monoisotopic (exact) mass is 292 g/mol. The van der Waals surface area contributed by atoms with Crippen molar-refractivity contribution in [2.75, 3.05) is 5.73 Å². The fraction of sp³-hybridized carbons (Fsp3) is 0.0909. The number of thiazole rings is 1. The minimum atomic E-state index is 0.384. The van der Waals surface area contributed by atoms with Gasteiger partial charge >= 0.3 is 0 Å². The average molecular weight is 293 g/mol. The second kappa shape index (κ2) is 4.60. The highest BCUT2D eigenvalue weighted by molar-refractivity contribution is 7.18. The van der Waals surface area contributed by atoms with Gasteiger partial charge < -0.3 is 5.73 Å². The molecule has 0 fully saturated rings. The summed E-state index contributed by atoms with van der Waals surface area (Å²) >= 11 is 7.18. The third kappa shape index (κ3) is 2.42. The van der Waals surface area contributed by atoms with Crippen LogP contribution < -0.4 is 5.73 Å². The molecule has 0 atom stereocenters. The third-order valence-electron chi connectivity index (χ3n) is 2.42. The Bertz CT molecular complexity index is 676. The summed E-state index contributed by atoms with van der Waals surface area (Å²) in [5.41, 5.74) is 7.40. The molecule has 2 N–H and O–H groups in total. The van der Waals surface area contributed by atoms with E-state index in [2.05, 4.69) is 20.1 Å². The number of rotatable bonds is 2. The molecule has 19 heavy (non-hydrogen) atoms. The van der Waals surface area contributed by atoms with Gasteiger partial charge in [-0.2, -0.15) is 5.10 Å². The molecule has 0 unspecified atom stereocenters. The molecule has 8 heteroatoms. The topological polar surface area (TPSA) is 82.5 Å². The van der Waals surface area contributed by atoms with Crippen LogP contribution in [0.4, 0.5) is 5.82 Å². The molecule has 0 saturated carbocycles. The first-order valence-corrected chi connectivity index (χ1v) is 6.56. The van der Waals surface area contributed by atoms with Gasteiger partial charge in [0.1, 0.15) is 10.2 Å². The van der Waals surface area contributed by atoms with Gasteiger partial charge in [-0.25, -0.2) is 15.0 Å². The smallest absolute Gasteiger partial charge is 0.191 e. The van der Waals surface area contributed by atoms with Gasteiger partial charge in [0.05, 0.1) is 18.1 Å². The normalized spacial score (nSPS) is 10.8. The van der Waals surface area contributed by atoms with Gasteiger partial charge in [0.2, 0.25) is 0 Å². The molecule has 0 aliphatic heterocycles. The second-order valence-corrected chi connectivity index (χ2v) is 5.54. The number of hydrogen-bond acceptors (Lipinski definition) is 6. The summed E-state index contributed by atoms with van der Waals surface area (Å²) in [6.45, 7) is 0. The van der Waals surface area contributed by atoms with E-state index in [1.807, 2.05) is 13.2 Å². The first-order valence-electron chi connectivity index (χ1n) is 5.37. The van der Waals surface area contributed by atoms with E-state index in [-0.39, 0.29) is 0 Å². The van der Waals surface area contributed by atoms with Crippen molar-refractivity contribution in [2.24, 2.45) is 7.05 Å². The molecular weight excluding hydrogens is 284 g/mol. The van der Waals surface area contributed by atoms with E-state index in [4.69, 9.17) is 17.3 Å². The summed E-state index contributed by atoms with van der Waals surface area (Å²) in [4.78, 5) is 12.8. The predicted molar refractivity (Wildman–Crippen MR) is 74.8 cm³/mol. The summed E-state index contributed by atoms with van der Waals surface area (Å²) in [6, 6.07) is 1.70. The molecule has 3 aromatic heterocycles. The van der Waals surface area contributed by atoms with Crippen LogP contribution in [0.15, 0.2) is 24.7 Å². The van der Waals surface area contributed by atoms with Crippen LogP contribution in [0.25, 0.3) is 22.1 Å². The average Bonchev–Trinajstić information content (AvgIpc) is 2.97. The van der Waals surface area contributed by atoms with Crippen LogP contribution in [0.3, 0.4) is 0 Å². The maximum Gasteiger partial charge on any atom is 0.191 e. The standard InChI is InChI=1S/C11H9ClN6S/c1-18-5-6(3-15-18)7-2-9(13)17-10(16-7)11-14-4-8(12)19-11/h2-5H,1H3,(H2,13,16,17). The van der Waals surface area contributed by atoms with Crippen LogP contribution >= 0.6 is 22.9 Å². The molecule has 3 heterocycles. The van der Waals surface area contributed by atoms with Crippen molar-refractivity contribution in [1.29, 1.82) is 0 Å². The molecule has 6 nitrogen and oxygen atoms in total. The molecule has 3 rings (SSSR count). The van der Waals surface area contributed by atoms with Gasteiger partial charge in [-0.3, -0.25) is 4.68 Å². The fourth-order valence-corrected chi connectivity index (χ4v) is 2.47. The highest BCUT2D eigenvalue weighted by atomic mass is 35.5. The molecule has 3 aromatic rings. The highest BCUT2D eigenvalue weighted by Crippen LogP contribution is 2.28. The van der Waals surface area contributed by atoms with Crippen molar-refractivity contribution >= 4 is 28.8 Å². The molecule has 0 saturated heterocycles. The van der Waals surface area contributed by atoms with Crippen molar-refractivity contribution in [2.45, 2.75) is 0 Å². The van der Waals surface area contributed by atoms with E-state index in [0.717, 1.165) is 5.56 Å². The lowest BCUT2D eigenvalue weighted by atomic mass is 10.2. The summed E-state index contributed by atoms with van der Waals surface area (Å²) in [6.07, 6.45) is 5.15. The molecular formula is C11H9ClN6S. The molecule has 0 aliphatic carbocycles. The number of aryl methyl sites for hydroxylation is 1. The molecule has 0 spiro atoms. The van der Waals surface area contributed by atoms with Gasteiger partial charge in [0.25, 0.3) is 0 Å². The highest BCUT2D eigenvalue weighted by Gasteiger charge is 2.11. The SMILES string of the molecule is Cn1cc(-c2cc(N)nc(-c3ncc(Cl)s3)n2)cn1. The summed E-state index contributed by atoms with van der Waals surface area (Å²) in [5.74, 6) is 0.853. The molecule has 0 amide bonds. The third-order valence-corrected chi connectivity index (χ3v) is 3.53. The van der Waals surface area contributed by atoms with Crippen LogP contribution in [-0.2, 0) is 7.05 Å². The van der Waals surface area contributed by atoms with E-state index < -0.39 is 0 Å². The van der Waals surface area contributed by atoms with Gasteiger partial charge in [0, 0.05) is 24.9 Å². The Morgan fingerprint density at radius 1 is 1.32 bits per heavy atom. The van der Waals surface area contributed by atoms with Gasteiger partial charge in [0.15, 0.2) is 10.8 Å². The predicted octanol–water partition coefficient (Wildman–Crippen LogP) is 2.24. The van der Waals surface area contributed by atoms with E-state index in [1.165, 1.54) is 11.3 Å². The van der Waals surface area contributed by atoms with Crippen LogP contribution in [-0.4, -0.2) is 24.7 Å². The van der Waals surface area contributed by atoms with Gasteiger partial charge in [-0.1, -0.05) is 22.9 Å². The van der Waals surface area contributed by atoms with E-state index >= 15 is 0 Å². The summed E-state index contributed by atoms with van der Waals surface area (Å²) < 4.78 is 2.29. The molecule has 96 valence electrons. The fourth-order valence-electron chi connectivity index (χ4n) is 1.62. The van der Waals surface area contributed by atoms with Crippen molar-refractivity contribution in [3.05, 3.63) is 29.0 Å². The van der Waals surface area contributed by atoms with Gasteiger partial charge in [-0.15, -0.1) is 0 Å². The minimum absolute atomic E-state index is 0.384. The first-order chi connectivity index (χ1) is 9.11. The van der Waals surface area contributed by atoms with Gasteiger partial charge in [-0.05, 0) is 0 Å². The number of nitrogens with zero attached hydrogens (tertiary/aromatic N) is 5. The van der Waals surface area contributed by atoms with Crippen LogP contribution in [0.5, 0.6) is 0 Å². The van der Waals surface area contributed by atoms with E-state index in [1.54, 1.807) is 23.1 Å². The first kappa shape index (κ1) is 12.1. The molecule has 0 bridgehead atoms. The Balaban J connectivity index is 2.10. The largest absolute Gasteiger partial charge is 0.384 e. The number of nitrogen functional groups attached to an aromatic ring is 1. The molecule has 0 radical (unpaired) electrons. The zero-order valence-corrected chi connectivity index (χ0v) is 11.5. The number of halogens is 1. The molecule has 0 aliphatic rings. The Labute approximate surface area is 117 Å². The van der Waals surface area contributed by atoms with E-state index in [9.17, 15) is 0 Å². The number of nitrogens with two attached hydrogens (primary N) is 1. The number of anilines is 1. The zero-order valence-electron chi connectivity index (χ0n) is 9.91. The lowest BCUT2D eigenvalue weighted by Crippen LogP contribution is -1.97. The van der Waals surface area contributed by atoms with E-state index in [0.29, 0.717) is 26.7 Å². The maximum atomic E-state index is 5.87. The summed E-state index contributed by atoms with van der Waals surface area (Å²) in [7, 11) is 1.84. The zero-order chi connectivity index (χ0) is 13.4. The minimum Gasteiger partial charge on any atom is -0.384 e. The quantitative estimate of drug-likeness (QED) is 0.783. The maximum absolute atomic E-state index is 5.87. The van der Waals surface area contributed by atoms with Crippen molar-refractivity contribution in [3.63, 3.8) is 0 Å². The number of aromatic nitrogens is 5. The lowest BCUT2D eigenvalue weighted by Gasteiger charge is -2.01. The Kier molecular flexibility index (Phi) is 2.92. The van der Waals surface area contributed by atoms with Crippen LogP contribution in [0, 0.1) is 0 Å². The van der Waals surface area contributed by atoms with Crippen molar-refractivity contribution in [1.82, 2.24) is 24.7 Å². The van der Waals surface area contributed by atoms with Crippen LogP contribution in [0.1, 0.15) is 0 Å². The molecule has 0 aromatic carbocycles. The Morgan fingerprint density at radius 2 is 2.16 bits per heavy atom. The van der Waals surface area contributed by atoms with Crippen LogP contribution in [0.2, 0.25) is 4.34 Å². The lowest BCUT2D eigenvalue weighted by molar-refractivity contribution is 0.768. The second-order valence-electron chi connectivity index (χ2n) is 3.87. The van der Waals surface area contributed by atoms with Crippen molar-refractivity contribution < 1.29 is 0 Å². The number of hydrogen-bond donors (Lipinski definition) is 1. The summed E-state index contributed by atoms with van der Waals surface area (Å²) in [5, 5.41) is 4.75.